The fraction of sp³-hybridized carbons (Fsp3) is 0. The lowest BCUT2D eigenvalue weighted by molar-refractivity contribution is 0.453. The van der Waals surface area contributed by atoms with Gasteiger partial charge in [-0.3, -0.25) is 0 Å². The van der Waals surface area contributed by atoms with Crippen LogP contribution >= 0.6 is 0 Å². The van der Waals surface area contributed by atoms with Crippen LogP contribution in [0.5, 0.6) is 46.0 Å². The van der Waals surface area contributed by atoms with Gasteiger partial charge in [0.15, 0.2) is 0 Å². The molecule has 0 atom stereocenters. The third-order valence-corrected chi connectivity index (χ3v) is 22.3. The van der Waals surface area contributed by atoms with Crippen LogP contribution in [0, 0.1) is 0 Å². The minimum absolute atomic E-state index is 0.193. The van der Waals surface area contributed by atoms with E-state index >= 15 is 0 Å². The molecule has 9 nitrogen and oxygen atoms in total. The highest BCUT2D eigenvalue weighted by molar-refractivity contribution is 7.05. The third-order valence-electron chi connectivity index (χ3n) is 22.3. The van der Waals surface area contributed by atoms with Crippen molar-refractivity contribution in [1.82, 2.24) is 0 Å². The molecule has 0 saturated carbocycles. The van der Waals surface area contributed by atoms with Gasteiger partial charge in [0.25, 0.3) is 26.9 Å². The van der Waals surface area contributed by atoms with Gasteiger partial charge in [-0.05, 0) is 175 Å². The summed E-state index contributed by atoms with van der Waals surface area (Å²) in [5, 5.41) is 0. The summed E-state index contributed by atoms with van der Waals surface area (Å²) >= 11 is 0. The van der Waals surface area contributed by atoms with Gasteiger partial charge in [0.2, 0.25) is 0 Å². The first-order valence-electron chi connectivity index (χ1n) is 35.4. The van der Waals surface area contributed by atoms with Crippen molar-refractivity contribution < 1.29 is 18.9 Å². The van der Waals surface area contributed by atoms with Crippen molar-refractivity contribution in [3.05, 3.63) is 334 Å². The lowest BCUT2D eigenvalue weighted by Crippen LogP contribution is -2.68. The molecule has 23 rings (SSSR count). The summed E-state index contributed by atoms with van der Waals surface area (Å²) < 4.78 is 30.2. The van der Waals surface area contributed by atoms with E-state index in [2.05, 4.69) is 358 Å². The van der Waals surface area contributed by atoms with Crippen LogP contribution in [0.25, 0.3) is 0 Å². The first-order chi connectivity index (χ1) is 51.1. The molecule has 0 spiro atoms. The molecule has 0 radical (unpaired) electrons. The van der Waals surface area contributed by atoms with Crippen molar-refractivity contribution in [3.8, 4) is 46.0 Å². The summed E-state index contributed by atoms with van der Waals surface area (Å²) in [6.45, 7) is -0.830. The topological polar surface area (TPSA) is 53.1 Å². The van der Waals surface area contributed by atoms with Crippen molar-refractivity contribution in [3.63, 3.8) is 0 Å². The second-order valence-corrected chi connectivity index (χ2v) is 27.7. The molecule has 0 fully saturated rings. The number of fused-ring (bicyclic) bond motifs is 18. The van der Waals surface area contributed by atoms with E-state index in [4.69, 9.17) is 18.9 Å². The number of nitrogens with zero attached hydrogens (tertiary/aromatic N) is 5. The predicted octanol–water partition coefficient (Wildman–Crippen LogP) is 14.8. The Kier molecular flexibility index (Phi) is 11.9. The van der Waals surface area contributed by atoms with Crippen LogP contribution in [0.2, 0.25) is 0 Å². The van der Waals surface area contributed by atoms with Gasteiger partial charge in [0.1, 0.15) is 46.0 Å². The molecule has 0 unspecified atom stereocenters. The SMILES string of the molecule is c1ccc(N(c2ccccc2)c2cc3c4c(c2)N(c2ccccc2)c2ccccc2B4c2cc4c(cc2O3)Oc2cc3c5c6c2B4c2ccccc2N6c2ccccc2B5c2cc4c(cc2O3)Oc2cc(N(c3ccccc3)c3ccccc3)cc3c2B4c2ccccc2N3c2ccccc2)cc1. The normalized spacial score (nSPS) is 13.8. The van der Waals surface area contributed by atoms with Gasteiger partial charge in [-0.1, -0.05) is 194 Å². The first-order valence-corrected chi connectivity index (χ1v) is 35.4. The number of anilines is 15. The van der Waals surface area contributed by atoms with Crippen molar-refractivity contribution in [1.29, 1.82) is 0 Å². The minimum Gasteiger partial charge on any atom is -0.458 e. The van der Waals surface area contributed by atoms with Gasteiger partial charge < -0.3 is 43.4 Å². The molecule has 0 aliphatic carbocycles. The lowest BCUT2D eigenvalue weighted by Gasteiger charge is -2.47. The predicted molar refractivity (Wildman–Crippen MR) is 425 cm³/mol. The largest absolute Gasteiger partial charge is 0.458 e. The summed E-state index contributed by atoms with van der Waals surface area (Å²) in [4.78, 5) is 12.0. The fourth-order valence-electron chi connectivity index (χ4n) is 18.3. The summed E-state index contributed by atoms with van der Waals surface area (Å²) in [5.74, 6) is 6.10. The van der Waals surface area contributed by atoms with E-state index in [0.29, 0.717) is 0 Å². The van der Waals surface area contributed by atoms with Crippen LogP contribution in [0.15, 0.2) is 334 Å². The zero-order valence-electron chi connectivity index (χ0n) is 55.4. The van der Waals surface area contributed by atoms with Crippen LogP contribution in [0.4, 0.5) is 85.3 Å². The molecule has 15 aromatic carbocycles. The van der Waals surface area contributed by atoms with E-state index in [1.165, 1.54) is 21.9 Å². The highest BCUT2D eigenvalue weighted by Gasteiger charge is 2.53. The zero-order chi connectivity index (χ0) is 67.1. The zero-order valence-corrected chi connectivity index (χ0v) is 55.4. The quantitative estimate of drug-likeness (QED) is 0.139. The van der Waals surface area contributed by atoms with E-state index in [0.717, 1.165) is 175 Å². The molecule has 476 valence electrons. The standard InChI is InChI=1S/C90H55B4N5O4/c1-7-27-56(28-8-1)95(57-29-9-2-10-30-57)62-47-76-86-82(49-62)100-78-53-80-70(51-68(78)91(86)64-39-19-23-43-72(64)97(76)60-35-15-5-16-36-60)93-66-41-21-25-45-74(66)99-75-46-26-22-42-67(75)94-71-52-69-79(54-81(71)103-85-55-84(102-80)88(93)90(99)89(85)94)101-83-50-63(96(58-31-11-3-12-32-58)59-33-13-4-14-34-59)48-77-87(83)92(69)65-40-20-24-44-73(65)98(77)61-37-17-6-18-38-61/h1-55H. The van der Waals surface area contributed by atoms with Gasteiger partial charge in [0.05, 0.1) is 11.4 Å². The number of ether oxygens (including phenoxy) is 4. The lowest BCUT2D eigenvalue weighted by atomic mass is 9.28. The fourth-order valence-corrected chi connectivity index (χ4v) is 18.3. The molecular weight excluding hydrogens is 1260 g/mol. The Hall–Kier alpha value is -13.2. The van der Waals surface area contributed by atoms with Crippen LogP contribution in [-0.4, -0.2) is 26.9 Å². The minimum atomic E-state index is -0.222. The summed E-state index contributed by atoms with van der Waals surface area (Å²) in [7, 11) is 0. The highest BCUT2D eigenvalue weighted by atomic mass is 16.5. The molecule has 0 bridgehead atoms. The monoisotopic (exact) mass is 1310 g/mol. The smallest absolute Gasteiger partial charge is 0.256 e. The maximum Gasteiger partial charge on any atom is 0.256 e. The molecule has 15 aromatic rings. The molecule has 13 heteroatoms. The Morgan fingerprint density at radius 2 is 0.456 bits per heavy atom. The Morgan fingerprint density at radius 3 is 0.786 bits per heavy atom. The molecular formula is C90H55B4N5O4. The summed E-state index contributed by atoms with van der Waals surface area (Å²) in [6, 6.07) is 121. The van der Waals surface area contributed by atoms with Crippen LogP contribution < -0.4 is 109 Å². The summed E-state index contributed by atoms with van der Waals surface area (Å²) in [6.07, 6.45) is 0. The van der Waals surface area contributed by atoms with Gasteiger partial charge in [-0.2, -0.15) is 0 Å². The Balaban J connectivity index is 0.710. The maximum absolute atomic E-state index is 7.58. The van der Waals surface area contributed by atoms with Crippen LogP contribution in [-0.2, 0) is 0 Å². The van der Waals surface area contributed by atoms with Gasteiger partial charge in [0, 0.05) is 104 Å². The first kappa shape index (κ1) is 56.6. The van der Waals surface area contributed by atoms with Gasteiger partial charge in [-0.15, -0.1) is 0 Å². The van der Waals surface area contributed by atoms with E-state index in [-0.39, 0.29) is 26.9 Å². The number of rotatable bonds is 8. The number of benzene rings is 15. The third kappa shape index (κ3) is 8.12. The van der Waals surface area contributed by atoms with Crippen molar-refractivity contribution in [2.24, 2.45) is 0 Å². The Morgan fingerprint density at radius 1 is 0.194 bits per heavy atom. The van der Waals surface area contributed by atoms with E-state index in [9.17, 15) is 0 Å². The van der Waals surface area contributed by atoms with Crippen LogP contribution in [0.1, 0.15) is 0 Å². The van der Waals surface area contributed by atoms with Crippen LogP contribution in [0.3, 0.4) is 0 Å². The Bertz CT molecular complexity index is 5650. The number of hydrogen-bond acceptors (Lipinski definition) is 9. The molecule has 8 heterocycles. The highest BCUT2D eigenvalue weighted by Crippen LogP contribution is 2.52. The van der Waals surface area contributed by atoms with Gasteiger partial charge in [-0.25, -0.2) is 0 Å². The molecule has 0 N–H and O–H groups in total. The molecule has 103 heavy (non-hydrogen) atoms. The number of para-hydroxylation sites is 10. The van der Waals surface area contributed by atoms with Gasteiger partial charge >= 0.3 is 0 Å². The van der Waals surface area contributed by atoms with E-state index < -0.39 is 0 Å². The number of hydrogen-bond donors (Lipinski definition) is 0. The molecule has 8 aliphatic heterocycles. The van der Waals surface area contributed by atoms with Crippen molar-refractivity contribution in [2.45, 2.75) is 0 Å². The molecule has 0 aromatic heterocycles. The molecule has 8 aliphatic rings. The van der Waals surface area contributed by atoms with Crippen molar-refractivity contribution >= 4 is 178 Å². The molecule has 0 saturated heterocycles. The average molecular weight is 1310 g/mol. The average Bonchev–Trinajstić information content (AvgIpc) is 0.677. The second-order valence-electron chi connectivity index (χ2n) is 27.7. The van der Waals surface area contributed by atoms with E-state index in [1.807, 2.05) is 0 Å². The second kappa shape index (κ2) is 21.6. The van der Waals surface area contributed by atoms with E-state index in [1.54, 1.807) is 0 Å². The molecule has 0 amide bonds. The maximum atomic E-state index is 7.58. The van der Waals surface area contributed by atoms with Crippen molar-refractivity contribution in [2.75, 3.05) is 24.5 Å². The summed E-state index contributed by atoms with van der Waals surface area (Å²) in [5.41, 5.74) is 29.6. The Labute approximate surface area is 597 Å².